The molecule has 0 rings (SSSR count). The second-order valence-corrected chi connectivity index (χ2v) is 5.01. The smallest absolute Gasteiger partial charge is 0.240 e. The molecule has 0 bridgehead atoms. The van der Waals surface area contributed by atoms with Crippen molar-refractivity contribution in [1.82, 2.24) is 10.2 Å². The highest BCUT2D eigenvalue weighted by Crippen LogP contribution is 1.99. The minimum atomic E-state index is -0.521. The predicted molar refractivity (Wildman–Crippen MR) is 63.8 cm³/mol. The minimum absolute atomic E-state index is 0.0454. The van der Waals surface area contributed by atoms with Gasteiger partial charge in [0, 0.05) is 12.6 Å². The number of likely N-dealkylation sites (N-methyl/N-ethyl adjacent to an activating group) is 1. The molecular weight excluding hydrogens is 206 g/mol. The fourth-order valence-corrected chi connectivity index (χ4v) is 1.21. The van der Waals surface area contributed by atoms with Gasteiger partial charge in [-0.3, -0.25) is 9.59 Å². The summed E-state index contributed by atoms with van der Waals surface area (Å²) in [5, 5.41) is 2.79. The quantitative estimate of drug-likeness (QED) is 0.717. The standard InChI is InChI=1S/C11H23N3O2/c1-6-8(12)10(16)14(5)7-9(15)13-11(2,3)4/h8H,6-7,12H2,1-5H3,(H,13,15). The maximum absolute atomic E-state index is 11.6. The van der Waals surface area contributed by atoms with E-state index in [4.69, 9.17) is 5.73 Å². The third kappa shape index (κ3) is 5.70. The van der Waals surface area contributed by atoms with Crippen LogP contribution in [0.3, 0.4) is 0 Å². The molecular formula is C11H23N3O2. The van der Waals surface area contributed by atoms with Crippen molar-refractivity contribution in [1.29, 1.82) is 0 Å². The van der Waals surface area contributed by atoms with Crippen molar-refractivity contribution < 1.29 is 9.59 Å². The van der Waals surface area contributed by atoms with Gasteiger partial charge in [-0.2, -0.15) is 0 Å². The predicted octanol–water partition coefficient (Wildman–Crippen LogP) is 0.0968. The lowest BCUT2D eigenvalue weighted by Gasteiger charge is -2.24. The molecule has 0 saturated carbocycles. The van der Waals surface area contributed by atoms with Crippen LogP contribution >= 0.6 is 0 Å². The highest BCUT2D eigenvalue weighted by molar-refractivity contribution is 5.87. The number of carbonyl (C=O) groups is 2. The molecule has 0 spiro atoms. The average Bonchev–Trinajstić information content (AvgIpc) is 2.12. The van der Waals surface area contributed by atoms with Crippen molar-refractivity contribution in [3.05, 3.63) is 0 Å². The Balaban J connectivity index is 4.20. The Bertz CT molecular complexity index is 258. The van der Waals surface area contributed by atoms with Gasteiger partial charge in [0.1, 0.15) is 0 Å². The van der Waals surface area contributed by atoms with Crippen molar-refractivity contribution in [2.45, 2.75) is 45.7 Å². The molecule has 0 heterocycles. The van der Waals surface area contributed by atoms with E-state index >= 15 is 0 Å². The summed E-state index contributed by atoms with van der Waals surface area (Å²) in [6.45, 7) is 7.56. The molecule has 2 amide bonds. The van der Waals surface area contributed by atoms with Crippen LogP contribution < -0.4 is 11.1 Å². The lowest BCUT2D eigenvalue weighted by molar-refractivity contribution is -0.136. The largest absolute Gasteiger partial charge is 0.350 e. The van der Waals surface area contributed by atoms with Gasteiger partial charge in [0.25, 0.3) is 0 Å². The van der Waals surface area contributed by atoms with Gasteiger partial charge < -0.3 is 16.0 Å². The summed E-state index contributed by atoms with van der Waals surface area (Å²) >= 11 is 0. The Morgan fingerprint density at radius 2 is 1.88 bits per heavy atom. The Kier molecular flexibility index (Phi) is 5.44. The van der Waals surface area contributed by atoms with Crippen LogP contribution in [0.1, 0.15) is 34.1 Å². The van der Waals surface area contributed by atoms with Crippen LogP contribution in [-0.2, 0) is 9.59 Å². The van der Waals surface area contributed by atoms with Crippen molar-refractivity contribution in [2.75, 3.05) is 13.6 Å². The number of nitrogens with zero attached hydrogens (tertiary/aromatic N) is 1. The van der Waals surface area contributed by atoms with Gasteiger partial charge in [-0.15, -0.1) is 0 Å². The van der Waals surface area contributed by atoms with Gasteiger partial charge in [-0.05, 0) is 27.2 Å². The first-order valence-corrected chi connectivity index (χ1v) is 5.49. The minimum Gasteiger partial charge on any atom is -0.350 e. The third-order valence-corrected chi connectivity index (χ3v) is 2.03. The first kappa shape index (κ1) is 14.9. The Labute approximate surface area is 97.4 Å². The Morgan fingerprint density at radius 3 is 2.25 bits per heavy atom. The molecule has 5 heteroatoms. The first-order chi connectivity index (χ1) is 7.17. The highest BCUT2D eigenvalue weighted by atomic mass is 16.2. The summed E-state index contributed by atoms with van der Waals surface area (Å²) in [7, 11) is 1.58. The third-order valence-electron chi connectivity index (χ3n) is 2.03. The topological polar surface area (TPSA) is 75.4 Å². The Morgan fingerprint density at radius 1 is 1.38 bits per heavy atom. The number of nitrogens with one attached hydrogen (secondary N) is 1. The van der Waals surface area contributed by atoms with E-state index < -0.39 is 6.04 Å². The lowest BCUT2D eigenvalue weighted by Crippen LogP contribution is -2.49. The van der Waals surface area contributed by atoms with E-state index in [-0.39, 0.29) is 23.9 Å². The summed E-state index contributed by atoms with van der Waals surface area (Å²) in [5.41, 5.74) is 5.31. The second-order valence-electron chi connectivity index (χ2n) is 5.01. The molecule has 1 unspecified atom stereocenters. The second kappa shape index (κ2) is 5.84. The summed E-state index contributed by atoms with van der Waals surface area (Å²) in [6, 6.07) is -0.521. The number of hydrogen-bond acceptors (Lipinski definition) is 3. The molecule has 0 aliphatic heterocycles. The number of carbonyl (C=O) groups excluding carboxylic acids is 2. The van der Waals surface area contributed by atoms with Gasteiger partial charge in [-0.1, -0.05) is 6.92 Å². The van der Waals surface area contributed by atoms with E-state index in [0.29, 0.717) is 6.42 Å². The zero-order valence-corrected chi connectivity index (χ0v) is 10.8. The van der Waals surface area contributed by atoms with Gasteiger partial charge >= 0.3 is 0 Å². The van der Waals surface area contributed by atoms with Crippen LogP contribution in [0.25, 0.3) is 0 Å². The normalized spacial score (nSPS) is 13.1. The maximum atomic E-state index is 11.6. The fraction of sp³-hybridized carbons (Fsp3) is 0.818. The average molecular weight is 229 g/mol. The zero-order chi connectivity index (χ0) is 12.9. The molecule has 0 radical (unpaired) electrons. The molecule has 0 aromatic heterocycles. The lowest BCUT2D eigenvalue weighted by atomic mass is 10.1. The zero-order valence-electron chi connectivity index (χ0n) is 10.8. The van der Waals surface area contributed by atoms with Gasteiger partial charge in [0.2, 0.25) is 11.8 Å². The summed E-state index contributed by atoms with van der Waals surface area (Å²) in [5.74, 6) is -0.377. The number of hydrogen-bond donors (Lipinski definition) is 2. The Hall–Kier alpha value is -1.10. The van der Waals surface area contributed by atoms with E-state index in [1.54, 1.807) is 7.05 Å². The van der Waals surface area contributed by atoms with Gasteiger partial charge in [0.05, 0.1) is 12.6 Å². The van der Waals surface area contributed by atoms with Crippen molar-refractivity contribution in [2.24, 2.45) is 5.73 Å². The van der Waals surface area contributed by atoms with Gasteiger partial charge in [0.15, 0.2) is 0 Å². The van der Waals surface area contributed by atoms with E-state index in [1.165, 1.54) is 4.90 Å². The fourth-order valence-electron chi connectivity index (χ4n) is 1.21. The molecule has 0 aromatic rings. The highest BCUT2D eigenvalue weighted by Gasteiger charge is 2.20. The van der Waals surface area contributed by atoms with Crippen LogP contribution in [0, 0.1) is 0 Å². The molecule has 0 saturated heterocycles. The molecule has 0 aliphatic rings. The van der Waals surface area contributed by atoms with Crippen molar-refractivity contribution in [3.63, 3.8) is 0 Å². The molecule has 16 heavy (non-hydrogen) atoms. The molecule has 3 N–H and O–H groups in total. The SMILES string of the molecule is CCC(N)C(=O)N(C)CC(=O)NC(C)(C)C. The molecule has 5 nitrogen and oxygen atoms in total. The van der Waals surface area contributed by atoms with Gasteiger partial charge in [-0.25, -0.2) is 0 Å². The molecule has 94 valence electrons. The maximum Gasteiger partial charge on any atom is 0.240 e. The summed E-state index contributed by atoms with van der Waals surface area (Å²) in [6.07, 6.45) is 0.573. The van der Waals surface area contributed by atoms with E-state index in [9.17, 15) is 9.59 Å². The number of rotatable bonds is 4. The van der Waals surface area contributed by atoms with Crippen molar-refractivity contribution in [3.8, 4) is 0 Å². The van der Waals surface area contributed by atoms with E-state index in [2.05, 4.69) is 5.32 Å². The summed E-state index contributed by atoms with van der Waals surface area (Å²) in [4.78, 5) is 24.5. The summed E-state index contributed by atoms with van der Waals surface area (Å²) < 4.78 is 0. The number of amides is 2. The molecule has 0 aromatic carbocycles. The van der Waals surface area contributed by atoms with Crippen LogP contribution in [0.5, 0.6) is 0 Å². The molecule has 1 atom stereocenters. The van der Waals surface area contributed by atoms with Crippen LogP contribution in [0.4, 0.5) is 0 Å². The number of nitrogens with two attached hydrogens (primary N) is 1. The van der Waals surface area contributed by atoms with E-state index in [0.717, 1.165) is 0 Å². The van der Waals surface area contributed by atoms with Crippen LogP contribution in [0.15, 0.2) is 0 Å². The van der Waals surface area contributed by atoms with E-state index in [1.807, 2.05) is 27.7 Å². The molecule has 0 aliphatic carbocycles. The molecule has 0 fully saturated rings. The van der Waals surface area contributed by atoms with Crippen LogP contribution in [-0.4, -0.2) is 41.9 Å². The monoisotopic (exact) mass is 229 g/mol. The first-order valence-electron chi connectivity index (χ1n) is 5.49. The van der Waals surface area contributed by atoms with Crippen molar-refractivity contribution >= 4 is 11.8 Å². The van der Waals surface area contributed by atoms with Crippen LogP contribution in [0.2, 0.25) is 0 Å².